The molecule has 0 saturated carbocycles. The van der Waals surface area contributed by atoms with Crippen LogP contribution in [0.4, 0.5) is 5.82 Å². The van der Waals surface area contributed by atoms with Crippen molar-refractivity contribution in [2.24, 2.45) is 7.05 Å². The first-order valence-electron chi connectivity index (χ1n) is 4.88. The molecule has 0 aliphatic carbocycles. The highest BCUT2D eigenvalue weighted by Crippen LogP contribution is 2.04. The molecule has 15 heavy (non-hydrogen) atoms. The van der Waals surface area contributed by atoms with Crippen molar-refractivity contribution in [3.05, 3.63) is 12.3 Å². The predicted molar refractivity (Wildman–Crippen MR) is 54.4 cm³/mol. The number of morpholine rings is 1. The molecule has 0 unspecified atom stereocenters. The van der Waals surface area contributed by atoms with Crippen molar-refractivity contribution in [3.8, 4) is 0 Å². The Labute approximate surface area is 87.6 Å². The molecule has 1 aliphatic rings. The number of carbonyl (C=O) groups excluding carboxylic acids is 1. The Kier molecular flexibility index (Phi) is 2.98. The Hall–Kier alpha value is -1.40. The highest BCUT2D eigenvalue weighted by molar-refractivity contribution is 5.93. The van der Waals surface area contributed by atoms with Crippen LogP contribution in [-0.4, -0.2) is 41.5 Å². The molecule has 2 heterocycles. The maximum atomic E-state index is 11.7. The van der Waals surface area contributed by atoms with Gasteiger partial charge in [-0.25, -0.2) is 0 Å². The Morgan fingerprint density at radius 3 is 3.27 bits per heavy atom. The second-order valence-electron chi connectivity index (χ2n) is 3.43. The number of aromatic nitrogens is 2. The van der Waals surface area contributed by atoms with Gasteiger partial charge in [0.1, 0.15) is 6.10 Å². The summed E-state index contributed by atoms with van der Waals surface area (Å²) in [4.78, 5) is 11.7. The lowest BCUT2D eigenvalue weighted by molar-refractivity contribution is -0.128. The van der Waals surface area contributed by atoms with Gasteiger partial charge in [0.25, 0.3) is 5.91 Å². The summed E-state index contributed by atoms with van der Waals surface area (Å²) in [7, 11) is 1.80. The molecule has 1 amide bonds. The number of anilines is 1. The molecule has 1 atom stereocenters. The average molecular weight is 210 g/mol. The number of hydrogen-bond acceptors (Lipinski definition) is 4. The van der Waals surface area contributed by atoms with E-state index in [9.17, 15) is 4.79 Å². The van der Waals surface area contributed by atoms with Gasteiger partial charge in [-0.05, 0) is 0 Å². The number of aryl methyl sites for hydroxylation is 1. The van der Waals surface area contributed by atoms with Gasteiger partial charge in [-0.1, -0.05) is 0 Å². The molecular formula is C9H14N4O2. The van der Waals surface area contributed by atoms with Crippen LogP contribution >= 0.6 is 0 Å². The van der Waals surface area contributed by atoms with Crippen molar-refractivity contribution in [1.29, 1.82) is 0 Å². The van der Waals surface area contributed by atoms with Gasteiger partial charge in [0.15, 0.2) is 5.82 Å². The lowest BCUT2D eigenvalue weighted by Gasteiger charge is -2.22. The topological polar surface area (TPSA) is 68.2 Å². The van der Waals surface area contributed by atoms with Crippen LogP contribution in [0, 0.1) is 0 Å². The number of nitrogens with zero attached hydrogens (tertiary/aromatic N) is 2. The molecule has 0 aromatic carbocycles. The van der Waals surface area contributed by atoms with Crippen LogP contribution in [0.1, 0.15) is 0 Å². The lowest BCUT2D eigenvalue weighted by Crippen LogP contribution is -2.45. The summed E-state index contributed by atoms with van der Waals surface area (Å²) < 4.78 is 6.94. The van der Waals surface area contributed by atoms with Crippen molar-refractivity contribution < 1.29 is 9.53 Å². The van der Waals surface area contributed by atoms with E-state index in [-0.39, 0.29) is 5.91 Å². The first-order valence-corrected chi connectivity index (χ1v) is 4.88. The third kappa shape index (κ3) is 2.54. The predicted octanol–water partition coefficient (Wildman–Crippen LogP) is -0.653. The molecule has 6 heteroatoms. The van der Waals surface area contributed by atoms with Crippen LogP contribution in [0.15, 0.2) is 12.3 Å². The van der Waals surface area contributed by atoms with Gasteiger partial charge in [-0.3, -0.25) is 9.48 Å². The van der Waals surface area contributed by atoms with Crippen molar-refractivity contribution in [2.75, 3.05) is 25.0 Å². The number of nitrogens with one attached hydrogen (secondary N) is 2. The Balaban J connectivity index is 1.91. The van der Waals surface area contributed by atoms with E-state index in [1.165, 1.54) is 0 Å². The van der Waals surface area contributed by atoms with E-state index in [0.29, 0.717) is 19.0 Å². The molecule has 0 spiro atoms. The maximum Gasteiger partial charge on any atom is 0.256 e. The molecule has 1 saturated heterocycles. The molecule has 0 radical (unpaired) electrons. The van der Waals surface area contributed by atoms with Gasteiger partial charge in [-0.15, -0.1) is 0 Å². The summed E-state index contributed by atoms with van der Waals surface area (Å²) in [5.41, 5.74) is 0. The van der Waals surface area contributed by atoms with Gasteiger partial charge < -0.3 is 15.4 Å². The molecular weight excluding hydrogens is 196 g/mol. The molecule has 0 bridgehead atoms. The Morgan fingerprint density at radius 2 is 2.67 bits per heavy atom. The number of carbonyl (C=O) groups is 1. The second kappa shape index (κ2) is 4.41. The van der Waals surface area contributed by atoms with Crippen LogP contribution in [0.3, 0.4) is 0 Å². The first-order chi connectivity index (χ1) is 7.25. The molecule has 1 aromatic heterocycles. The van der Waals surface area contributed by atoms with E-state index in [1.54, 1.807) is 24.0 Å². The third-order valence-corrected chi connectivity index (χ3v) is 2.18. The standard InChI is InChI=1S/C9H14N4O2/c1-13-4-2-8(12-13)11-9(14)7-6-10-3-5-15-7/h2,4,7,10H,3,5-6H2,1H3,(H,11,12,14)/t7-/m1/s1. The number of hydrogen-bond donors (Lipinski definition) is 2. The largest absolute Gasteiger partial charge is 0.366 e. The van der Waals surface area contributed by atoms with E-state index in [4.69, 9.17) is 4.74 Å². The molecule has 6 nitrogen and oxygen atoms in total. The normalized spacial score (nSPS) is 21.3. The van der Waals surface area contributed by atoms with Gasteiger partial charge in [0, 0.05) is 32.4 Å². The minimum Gasteiger partial charge on any atom is -0.366 e. The summed E-state index contributed by atoms with van der Waals surface area (Å²) in [6, 6.07) is 1.74. The fourth-order valence-corrected chi connectivity index (χ4v) is 1.42. The average Bonchev–Trinajstić information content (AvgIpc) is 2.65. The van der Waals surface area contributed by atoms with Gasteiger partial charge in [-0.2, -0.15) is 5.10 Å². The first kappa shape index (κ1) is 10.1. The van der Waals surface area contributed by atoms with Gasteiger partial charge >= 0.3 is 0 Å². The van der Waals surface area contributed by atoms with E-state index in [0.717, 1.165) is 6.54 Å². The minimum atomic E-state index is -0.416. The fraction of sp³-hybridized carbons (Fsp3) is 0.556. The molecule has 1 aromatic rings. The van der Waals surface area contributed by atoms with Crippen LogP contribution in [-0.2, 0) is 16.6 Å². The SMILES string of the molecule is Cn1ccc(NC(=O)[C@H]2CNCCO2)n1. The fourth-order valence-electron chi connectivity index (χ4n) is 1.42. The Morgan fingerprint density at radius 1 is 1.80 bits per heavy atom. The highest BCUT2D eigenvalue weighted by atomic mass is 16.5. The van der Waals surface area contributed by atoms with Crippen molar-refractivity contribution in [3.63, 3.8) is 0 Å². The second-order valence-corrected chi connectivity index (χ2v) is 3.43. The Bertz CT molecular complexity index is 344. The quantitative estimate of drug-likeness (QED) is 0.680. The van der Waals surface area contributed by atoms with Crippen LogP contribution < -0.4 is 10.6 Å². The van der Waals surface area contributed by atoms with E-state index >= 15 is 0 Å². The van der Waals surface area contributed by atoms with Crippen LogP contribution in [0.25, 0.3) is 0 Å². The van der Waals surface area contributed by atoms with E-state index in [1.807, 2.05) is 0 Å². The molecule has 82 valence electrons. The van der Waals surface area contributed by atoms with E-state index < -0.39 is 6.10 Å². The van der Waals surface area contributed by atoms with Gasteiger partial charge in [0.2, 0.25) is 0 Å². The number of rotatable bonds is 2. The smallest absolute Gasteiger partial charge is 0.256 e. The summed E-state index contributed by atoms with van der Waals surface area (Å²) in [5.74, 6) is 0.401. The minimum absolute atomic E-state index is 0.152. The number of amides is 1. The molecule has 2 rings (SSSR count). The van der Waals surface area contributed by atoms with Crippen molar-refractivity contribution in [1.82, 2.24) is 15.1 Å². The third-order valence-electron chi connectivity index (χ3n) is 2.18. The van der Waals surface area contributed by atoms with E-state index in [2.05, 4.69) is 15.7 Å². The molecule has 1 aliphatic heterocycles. The zero-order chi connectivity index (χ0) is 10.7. The highest BCUT2D eigenvalue weighted by Gasteiger charge is 2.22. The van der Waals surface area contributed by atoms with Crippen LogP contribution in [0.5, 0.6) is 0 Å². The monoisotopic (exact) mass is 210 g/mol. The van der Waals surface area contributed by atoms with Crippen molar-refractivity contribution >= 4 is 11.7 Å². The lowest BCUT2D eigenvalue weighted by atomic mass is 10.3. The number of ether oxygens (including phenoxy) is 1. The summed E-state index contributed by atoms with van der Waals surface area (Å²) in [6.07, 6.45) is 1.36. The molecule has 2 N–H and O–H groups in total. The summed E-state index contributed by atoms with van der Waals surface area (Å²) >= 11 is 0. The summed E-state index contributed by atoms with van der Waals surface area (Å²) in [5, 5.41) is 9.85. The van der Waals surface area contributed by atoms with Gasteiger partial charge in [0.05, 0.1) is 6.61 Å². The van der Waals surface area contributed by atoms with Crippen molar-refractivity contribution in [2.45, 2.75) is 6.10 Å². The maximum absolute atomic E-state index is 11.7. The summed E-state index contributed by atoms with van der Waals surface area (Å²) in [6.45, 7) is 1.92. The molecule has 1 fully saturated rings. The zero-order valence-corrected chi connectivity index (χ0v) is 8.56. The van der Waals surface area contributed by atoms with Crippen LogP contribution in [0.2, 0.25) is 0 Å². The zero-order valence-electron chi connectivity index (χ0n) is 8.56.